The van der Waals surface area contributed by atoms with Crippen molar-refractivity contribution in [1.82, 2.24) is 9.97 Å². The summed E-state index contributed by atoms with van der Waals surface area (Å²) in [4.78, 5) is 19.7. The van der Waals surface area contributed by atoms with Crippen molar-refractivity contribution in [3.8, 4) is 6.07 Å². The largest absolute Gasteiger partial charge is 0.398 e. The maximum Gasteiger partial charge on any atom is 0.251 e. The van der Waals surface area contributed by atoms with Gasteiger partial charge >= 0.3 is 0 Å². The van der Waals surface area contributed by atoms with Gasteiger partial charge in [-0.3, -0.25) is 4.79 Å². The fourth-order valence-electron chi connectivity index (χ4n) is 1.91. The number of aryl methyl sites for hydroxylation is 1. The lowest BCUT2D eigenvalue weighted by Crippen LogP contribution is -2.09. The topological polar surface area (TPSA) is 95.6 Å². The summed E-state index contributed by atoms with van der Waals surface area (Å²) in [6, 6.07) is 9.09. The molecule has 21 heavy (non-hydrogen) atoms. The van der Waals surface area contributed by atoms with Crippen LogP contribution < -0.4 is 11.3 Å². The normalized spacial score (nSPS) is 10.3. The minimum absolute atomic E-state index is 0.149. The van der Waals surface area contributed by atoms with E-state index in [4.69, 9.17) is 11.0 Å². The van der Waals surface area contributed by atoms with Gasteiger partial charge in [0, 0.05) is 22.3 Å². The maximum atomic E-state index is 11.6. The highest BCUT2D eigenvalue weighted by atomic mass is 32.2. The van der Waals surface area contributed by atoms with Gasteiger partial charge in [-0.05, 0) is 30.2 Å². The highest BCUT2D eigenvalue weighted by Crippen LogP contribution is 2.27. The summed E-state index contributed by atoms with van der Waals surface area (Å²) in [5, 5.41) is 9.34. The number of hydrogen-bond acceptors (Lipinski definition) is 5. The van der Waals surface area contributed by atoms with E-state index in [1.807, 2.05) is 19.1 Å². The van der Waals surface area contributed by atoms with Crippen LogP contribution in [0.25, 0.3) is 0 Å². The number of nitrogens with one attached hydrogen (secondary N) is 1. The Morgan fingerprint density at radius 2 is 2.24 bits per heavy atom. The van der Waals surface area contributed by atoms with Gasteiger partial charge in [0.05, 0.1) is 12.5 Å². The van der Waals surface area contributed by atoms with Crippen LogP contribution in [0.1, 0.15) is 24.6 Å². The van der Waals surface area contributed by atoms with E-state index in [0.29, 0.717) is 10.8 Å². The molecule has 0 spiro atoms. The fourth-order valence-corrected chi connectivity index (χ4v) is 2.79. The van der Waals surface area contributed by atoms with Gasteiger partial charge in [0.15, 0.2) is 5.16 Å². The molecule has 0 saturated carbocycles. The number of nitrogens with two attached hydrogens (primary N) is 1. The Kier molecular flexibility index (Phi) is 5.01. The van der Waals surface area contributed by atoms with Crippen molar-refractivity contribution in [3.63, 3.8) is 0 Å². The van der Waals surface area contributed by atoms with Gasteiger partial charge in [-0.1, -0.05) is 25.1 Å². The van der Waals surface area contributed by atoms with Crippen LogP contribution in [0, 0.1) is 11.3 Å². The molecule has 1 aromatic carbocycles. The van der Waals surface area contributed by atoms with Gasteiger partial charge in [0.1, 0.15) is 0 Å². The number of benzene rings is 1. The van der Waals surface area contributed by atoms with E-state index >= 15 is 0 Å². The Bertz CT molecular complexity index is 733. The number of hydrogen-bond donors (Lipinski definition) is 2. The first-order valence-electron chi connectivity index (χ1n) is 6.66. The summed E-state index contributed by atoms with van der Waals surface area (Å²) in [5.74, 6) is 0. The van der Waals surface area contributed by atoms with Crippen molar-refractivity contribution < 1.29 is 0 Å². The number of aromatic nitrogens is 2. The van der Waals surface area contributed by atoms with E-state index in [1.165, 1.54) is 17.8 Å². The summed E-state index contributed by atoms with van der Waals surface area (Å²) in [6.45, 7) is 2.05. The highest BCUT2D eigenvalue weighted by molar-refractivity contribution is 7.99. The quantitative estimate of drug-likeness (QED) is 0.653. The lowest BCUT2D eigenvalue weighted by molar-refractivity contribution is 0.816. The molecule has 0 bridgehead atoms. The minimum Gasteiger partial charge on any atom is -0.398 e. The van der Waals surface area contributed by atoms with Crippen LogP contribution in [0.4, 0.5) is 5.69 Å². The molecule has 1 heterocycles. The summed E-state index contributed by atoms with van der Waals surface area (Å²) < 4.78 is 0. The summed E-state index contributed by atoms with van der Waals surface area (Å²) in [6.07, 6.45) is 1.98. The average Bonchev–Trinajstić information content (AvgIpc) is 2.42. The Balaban J connectivity index is 2.28. The zero-order valence-corrected chi connectivity index (χ0v) is 12.5. The van der Waals surface area contributed by atoms with E-state index in [2.05, 4.69) is 16.0 Å². The van der Waals surface area contributed by atoms with E-state index in [-0.39, 0.29) is 12.0 Å². The molecule has 1 aromatic heterocycles. The van der Waals surface area contributed by atoms with E-state index in [1.54, 1.807) is 6.07 Å². The second-order valence-corrected chi connectivity index (χ2v) is 5.65. The minimum atomic E-state index is -0.149. The Morgan fingerprint density at radius 1 is 1.43 bits per heavy atom. The predicted octanol–water partition coefficient (Wildman–Crippen LogP) is 2.52. The molecule has 0 saturated heterocycles. The molecule has 5 nitrogen and oxygen atoms in total. The van der Waals surface area contributed by atoms with Crippen LogP contribution in [-0.4, -0.2) is 9.97 Å². The molecule has 0 amide bonds. The zero-order chi connectivity index (χ0) is 15.2. The Morgan fingerprint density at radius 3 is 2.95 bits per heavy atom. The summed E-state index contributed by atoms with van der Waals surface area (Å²) in [5.41, 5.74) is 7.85. The predicted molar refractivity (Wildman–Crippen MR) is 83.1 cm³/mol. The molecule has 3 N–H and O–H groups in total. The van der Waals surface area contributed by atoms with Crippen molar-refractivity contribution in [1.29, 1.82) is 5.26 Å². The first-order chi connectivity index (χ1) is 10.1. The Hall–Kier alpha value is -2.26. The molecule has 0 aliphatic heterocycles. The van der Waals surface area contributed by atoms with Crippen molar-refractivity contribution >= 4 is 17.4 Å². The van der Waals surface area contributed by atoms with Crippen molar-refractivity contribution in [2.75, 3.05) is 5.73 Å². The molecule has 6 heteroatoms. The average molecular weight is 300 g/mol. The van der Waals surface area contributed by atoms with Crippen molar-refractivity contribution in [2.45, 2.75) is 36.2 Å². The fraction of sp³-hybridized carbons (Fsp3) is 0.267. The molecule has 0 atom stereocenters. The van der Waals surface area contributed by atoms with Crippen LogP contribution in [0.5, 0.6) is 0 Å². The maximum absolute atomic E-state index is 11.6. The van der Waals surface area contributed by atoms with E-state index in [0.717, 1.165) is 29.0 Å². The standard InChI is InChI=1S/C15H16N4OS/c1-2-3-11-9-14(20)19-15(18-11)21-12-4-5-13(17)10(8-12)6-7-16/h4-5,8-9H,2-3,6,17H2,1H3,(H,18,19,20). The van der Waals surface area contributed by atoms with E-state index < -0.39 is 0 Å². The molecule has 2 aromatic rings. The number of anilines is 1. The summed E-state index contributed by atoms with van der Waals surface area (Å²) in [7, 11) is 0. The van der Waals surface area contributed by atoms with Crippen LogP contribution in [0.15, 0.2) is 39.1 Å². The van der Waals surface area contributed by atoms with Gasteiger partial charge in [-0.2, -0.15) is 5.26 Å². The molecule has 0 fully saturated rings. The molecule has 2 rings (SSSR count). The number of nitrogens with zero attached hydrogens (tertiary/aromatic N) is 2. The van der Waals surface area contributed by atoms with Gasteiger partial charge in [-0.25, -0.2) is 4.98 Å². The first kappa shape index (κ1) is 15.1. The van der Waals surface area contributed by atoms with Gasteiger partial charge in [0.25, 0.3) is 5.56 Å². The van der Waals surface area contributed by atoms with E-state index in [9.17, 15) is 4.79 Å². The zero-order valence-electron chi connectivity index (χ0n) is 11.7. The van der Waals surface area contributed by atoms with Gasteiger partial charge in [-0.15, -0.1) is 0 Å². The van der Waals surface area contributed by atoms with Crippen LogP contribution in [-0.2, 0) is 12.8 Å². The third-order valence-corrected chi connectivity index (χ3v) is 3.75. The monoisotopic (exact) mass is 300 g/mol. The number of nitriles is 1. The molecule has 0 unspecified atom stereocenters. The Labute approximate surface area is 127 Å². The smallest absolute Gasteiger partial charge is 0.251 e. The van der Waals surface area contributed by atoms with Gasteiger partial charge < -0.3 is 10.7 Å². The lowest BCUT2D eigenvalue weighted by Gasteiger charge is -2.06. The van der Waals surface area contributed by atoms with Crippen LogP contribution >= 0.6 is 11.8 Å². The van der Waals surface area contributed by atoms with Crippen molar-refractivity contribution in [2.24, 2.45) is 0 Å². The second-order valence-electron chi connectivity index (χ2n) is 4.59. The SMILES string of the molecule is CCCc1cc(=O)[nH]c(Sc2ccc(N)c(CC#N)c2)n1. The molecular weight excluding hydrogens is 284 g/mol. The molecular formula is C15H16N4OS. The third kappa shape index (κ3) is 4.10. The third-order valence-electron chi connectivity index (χ3n) is 2.88. The number of aromatic amines is 1. The molecule has 0 aliphatic carbocycles. The highest BCUT2D eigenvalue weighted by Gasteiger charge is 2.06. The summed E-state index contributed by atoms with van der Waals surface area (Å²) >= 11 is 1.36. The van der Waals surface area contributed by atoms with Crippen LogP contribution in [0.2, 0.25) is 0 Å². The first-order valence-corrected chi connectivity index (χ1v) is 7.47. The molecule has 0 radical (unpaired) electrons. The number of rotatable bonds is 5. The number of H-pyrrole nitrogens is 1. The van der Waals surface area contributed by atoms with Crippen LogP contribution in [0.3, 0.4) is 0 Å². The second kappa shape index (κ2) is 6.95. The molecule has 0 aliphatic rings. The lowest BCUT2D eigenvalue weighted by atomic mass is 10.1. The molecule has 108 valence electrons. The van der Waals surface area contributed by atoms with Gasteiger partial charge in [0.2, 0.25) is 0 Å². The number of nitrogen functional groups attached to an aromatic ring is 1. The van der Waals surface area contributed by atoms with Crippen molar-refractivity contribution in [3.05, 3.63) is 45.9 Å².